The van der Waals surface area contributed by atoms with Crippen molar-refractivity contribution in [2.45, 2.75) is 0 Å². The summed E-state index contributed by atoms with van der Waals surface area (Å²) in [6.07, 6.45) is 3.22. The van der Waals surface area contributed by atoms with Crippen LogP contribution in [0, 0.1) is 3.57 Å². The number of nitrogens with zero attached hydrogens (tertiary/aromatic N) is 2. The highest BCUT2D eigenvalue weighted by Gasteiger charge is 2.11. The van der Waals surface area contributed by atoms with E-state index in [1.165, 1.54) is 25.3 Å². The number of hydrogen-bond acceptors (Lipinski definition) is 5. The maximum atomic E-state index is 10.9. The SMILES string of the molecule is COc1cc(C(=O)O)ccc1Oc1ncc(I)cn1. The van der Waals surface area contributed by atoms with Gasteiger partial charge in [-0.05, 0) is 40.8 Å². The Balaban J connectivity index is 2.29. The van der Waals surface area contributed by atoms with Crippen molar-refractivity contribution in [2.24, 2.45) is 0 Å². The molecule has 0 aliphatic heterocycles. The van der Waals surface area contributed by atoms with Gasteiger partial charge in [-0.2, -0.15) is 0 Å². The Hall–Kier alpha value is -1.90. The summed E-state index contributed by atoms with van der Waals surface area (Å²) < 4.78 is 11.4. The van der Waals surface area contributed by atoms with E-state index in [2.05, 4.69) is 32.6 Å². The molecule has 98 valence electrons. The molecule has 0 bridgehead atoms. The second-order valence-electron chi connectivity index (χ2n) is 3.46. The quantitative estimate of drug-likeness (QED) is 0.831. The number of rotatable bonds is 4. The van der Waals surface area contributed by atoms with Gasteiger partial charge in [0.05, 0.1) is 12.7 Å². The molecule has 0 aliphatic rings. The summed E-state index contributed by atoms with van der Waals surface area (Å²) >= 11 is 2.08. The van der Waals surface area contributed by atoms with Gasteiger partial charge in [-0.15, -0.1) is 0 Å². The average molecular weight is 372 g/mol. The molecular formula is C12H9IN2O4. The highest BCUT2D eigenvalue weighted by atomic mass is 127. The number of carboxylic acid groups (broad SMARTS) is 1. The lowest BCUT2D eigenvalue weighted by Crippen LogP contribution is -1.99. The smallest absolute Gasteiger partial charge is 0.335 e. The van der Waals surface area contributed by atoms with E-state index >= 15 is 0 Å². The van der Waals surface area contributed by atoms with Crippen molar-refractivity contribution < 1.29 is 19.4 Å². The van der Waals surface area contributed by atoms with Gasteiger partial charge in [0, 0.05) is 16.0 Å². The number of methoxy groups -OCH3 is 1. The number of aromatic carboxylic acids is 1. The number of aromatic nitrogens is 2. The summed E-state index contributed by atoms with van der Waals surface area (Å²) in [6, 6.07) is 4.47. The van der Waals surface area contributed by atoms with Crippen LogP contribution in [0.5, 0.6) is 17.5 Å². The summed E-state index contributed by atoms with van der Waals surface area (Å²) in [5, 5.41) is 8.89. The van der Waals surface area contributed by atoms with Crippen molar-refractivity contribution in [1.82, 2.24) is 9.97 Å². The van der Waals surface area contributed by atoms with Crippen molar-refractivity contribution in [3.8, 4) is 17.5 Å². The highest BCUT2D eigenvalue weighted by molar-refractivity contribution is 14.1. The second-order valence-corrected chi connectivity index (χ2v) is 4.70. The summed E-state index contributed by atoms with van der Waals surface area (Å²) in [7, 11) is 1.43. The third kappa shape index (κ3) is 3.31. The van der Waals surface area contributed by atoms with Gasteiger partial charge >= 0.3 is 12.0 Å². The molecule has 19 heavy (non-hydrogen) atoms. The van der Waals surface area contributed by atoms with E-state index in [-0.39, 0.29) is 11.6 Å². The molecule has 0 spiro atoms. The van der Waals surface area contributed by atoms with Gasteiger partial charge < -0.3 is 14.6 Å². The fourth-order valence-corrected chi connectivity index (χ4v) is 1.61. The first kappa shape index (κ1) is 13.5. The van der Waals surface area contributed by atoms with E-state index in [9.17, 15) is 4.79 Å². The lowest BCUT2D eigenvalue weighted by Gasteiger charge is -2.09. The number of carbonyl (C=O) groups is 1. The third-order valence-corrected chi connectivity index (χ3v) is 2.77. The molecule has 0 aliphatic carbocycles. The Kier molecular flexibility index (Phi) is 4.15. The zero-order valence-electron chi connectivity index (χ0n) is 9.83. The van der Waals surface area contributed by atoms with Gasteiger partial charge in [-0.1, -0.05) is 0 Å². The minimum Gasteiger partial charge on any atom is -0.493 e. The summed E-state index contributed by atoms with van der Waals surface area (Å²) in [5.74, 6) is -0.369. The van der Waals surface area contributed by atoms with Crippen molar-refractivity contribution >= 4 is 28.6 Å². The standard InChI is InChI=1S/C12H9IN2O4/c1-18-10-4-7(11(16)17)2-3-9(10)19-12-14-5-8(13)6-15-12/h2-6H,1H3,(H,16,17). The van der Waals surface area contributed by atoms with Crippen LogP contribution in [0.1, 0.15) is 10.4 Å². The van der Waals surface area contributed by atoms with Crippen LogP contribution in [-0.4, -0.2) is 28.2 Å². The third-order valence-electron chi connectivity index (χ3n) is 2.21. The molecule has 0 saturated carbocycles. The van der Waals surface area contributed by atoms with Crippen LogP contribution in [0.25, 0.3) is 0 Å². The first-order chi connectivity index (χ1) is 9.10. The van der Waals surface area contributed by atoms with Crippen molar-refractivity contribution in [2.75, 3.05) is 7.11 Å². The Morgan fingerprint density at radius 1 is 1.26 bits per heavy atom. The molecule has 0 radical (unpaired) electrons. The molecule has 0 saturated heterocycles. The maximum absolute atomic E-state index is 10.9. The maximum Gasteiger partial charge on any atom is 0.335 e. The summed E-state index contributed by atoms with van der Waals surface area (Å²) in [4.78, 5) is 18.8. The van der Waals surface area contributed by atoms with Crippen LogP contribution < -0.4 is 9.47 Å². The Morgan fingerprint density at radius 3 is 2.53 bits per heavy atom. The number of halogens is 1. The average Bonchev–Trinajstić information content (AvgIpc) is 2.41. The first-order valence-electron chi connectivity index (χ1n) is 5.17. The molecule has 1 aromatic carbocycles. The zero-order chi connectivity index (χ0) is 13.8. The number of carboxylic acids is 1. The van der Waals surface area contributed by atoms with E-state index in [0.717, 1.165) is 3.57 Å². The van der Waals surface area contributed by atoms with Gasteiger partial charge in [0.2, 0.25) is 0 Å². The van der Waals surface area contributed by atoms with Crippen molar-refractivity contribution in [3.05, 3.63) is 39.7 Å². The lowest BCUT2D eigenvalue weighted by atomic mass is 10.2. The molecular weight excluding hydrogens is 363 g/mol. The van der Waals surface area contributed by atoms with Crippen LogP contribution in [0.3, 0.4) is 0 Å². The topological polar surface area (TPSA) is 81.5 Å². The number of benzene rings is 1. The van der Waals surface area contributed by atoms with Gasteiger partial charge in [0.15, 0.2) is 11.5 Å². The molecule has 1 heterocycles. The molecule has 0 amide bonds. The minimum absolute atomic E-state index is 0.118. The molecule has 2 rings (SSSR count). The second kappa shape index (κ2) is 5.83. The summed E-state index contributed by atoms with van der Waals surface area (Å²) in [5.41, 5.74) is 0.118. The van der Waals surface area contributed by atoms with Crippen LogP contribution in [0.2, 0.25) is 0 Å². The van der Waals surface area contributed by atoms with Gasteiger partial charge in [-0.3, -0.25) is 0 Å². The fourth-order valence-electron chi connectivity index (χ4n) is 1.34. The lowest BCUT2D eigenvalue weighted by molar-refractivity contribution is 0.0696. The van der Waals surface area contributed by atoms with E-state index < -0.39 is 5.97 Å². The first-order valence-corrected chi connectivity index (χ1v) is 6.25. The monoisotopic (exact) mass is 372 g/mol. The molecule has 7 heteroatoms. The molecule has 0 fully saturated rings. The predicted molar refractivity (Wildman–Crippen MR) is 74.8 cm³/mol. The van der Waals surface area contributed by atoms with Crippen molar-refractivity contribution in [1.29, 1.82) is 0 Å². The van der Waals surface area contributed by atoms with E-state index in [1.807, 2.05) is 0 Å². The molecule has 1 aromatic heterocycles. The van der Waals surface area contributed by atoms with Gasteiger partial charge in [-0.25, -0.2) is 14.8 Å². The molecule has 6 nitrogen and oxygen atoms in total. The predicted octanol–water partition coefficient (Wildman–Crippen LogP) is 2.58. The molecule has 0 unspecified atom stereocenters. The van der Waals surface area contributed by atoms with Gasteiger partial charge in [0.25, 0.3) is 0 Å². The molecule has 0 atom stereocenters. The minimum atomic E-state index is -1.03. The van der Waals surface area contributed by atoms with E-state index in [0.29, 0.717) is 11.5 Å². The Bertz CT molecular complexity index is 601. The number of hydrogen-bond donors (Lipinski definition) is 1. The summed E-state index contributed by atoms with van der Waals surface area (Å²) in [6.45, 7) is 0. The van der Waals surface area contributed by atoms with Crippen LogP contribution >= 0.6 is 22.6 Å². The normalized spacial score (nSPS) is 10.0. The van der Waals surface area contributed by atoms with E-state index in [4.69, 9.17) is 14.6 Å². The zero-order valence-corrected chi connectivity index (χ0v) is 12.0. The van der Waals surface area contributed by atoms with Crippen molar-refractivity contribution in [3.63, 3.8) is 0 Å². The van der Waals surface area contributed by atoms with Crippen LogP contribution in [0.15, 0.2) is 30.6 Å². The Labute approximate surface area is 122 Å². The molecule has 1 N–H and O–H groups in total. The molecule has 2 aromatic rings. The largest absolute Gasteiger partial charge is 0.493 e. The fraction of sp³-hybridized carbons (Fsp3) is 0.0833. The highest BCUT2D eigenvalue weighted by Crippen LogP contribution is 2.30. The van der Waals surface area contributed by atoms with E-state index in [1.54, 1.807) is 12.4 Å². The van der Waals surface area contributed by atoms with Gasteiger partial charge in [0.1, 0.15) is 0 Å². The van der Waals surface area contributed by atoms with Crippen LogP contribution in [-0.2, 0) is 0 Å². The Morgan fingerprint density at radius 2 is 1.95 bits per heavy atom. The van der Waals surface area contributed by atoms with Crippen LogP contribution in [0.4, 0.5) is 0 Å². The number of ether oxygens (including phenoxy) is 2.